The van der Waals surface area contributed by atoms with Gasteiger partial charge in [-0.1, -0.05) is 217 Å². The van der Waals surface area contributed by atoms with E-state index in [4.69, 9.17) is 14.2 Å². The molecule has 0 heterocycles. The van der Waals surface area contributed by atoms with Gasteiger partial charge in [-0.2, -0.15) is 0 Å². The molecule has 0 aliphatic carbocycles. The van der Waals surface area contributed by atoms with Gasteiger partial charge in [0.1, 0.15) is 13.2 Å². The Morgan fingerprint density at radius 3 is 1.08 bits per heavy atom. The van der Waals surface area contributed by atoms with E-state index in [0.29, 0.717) is 19.3 Å². The Morgan fingerprint density at radius 2 is 0.678 bits per heavy atom. The highest BCUT2D eigenvalue weighted by atomic mass is 16.6. The summed E-state index contributed by atoms with van der Waals surface area (Å²) in [5.41, 5.74) is 0. The van der Waals surface area contributed by atoms with Gasteiger partial charge in [0.05, 0.1) is 0 Å². The topological polar surface area (TPSA) is 78.9 Å². The summed E-state index contributed by atoms with van der Waals surface area (Å²) in [6.45, 7) is 6.49. The molecule has 0 aliphatic heterocycles. The van der Waals surface area contributed by atoms with E-state index in [1.165, 1.54) is 128 Å². The van der Waals surface area contributed by atoms with E-state index < -0.39 is 6.10 Å². The second-order valence-corrected chi connectivity index (χ2v) is 16.8. The van der Waals surface area contributed by atoms with Crippen LogP contribution in [0.1, 0.15) is 252 Å². The van der Waals surface area contributed by atoms with Crippen molar-refractivity contribution in [3.63, 3.8) is 0 Å². The van der Waals surface area contributed by atoms with Crippen LogP contribution in [0, 0.1) is 0 Å². The maximum atomic E-state index is 12.8. The first-order valence-corrected chi connectivity index (χ1v) is 25.2. The fourth-order valence-corrected chi connectivity index (χ4v) is 7.08. The van der Waals surface area contributed by atoms with Gasteiger partial charge in [-0.3, -0.25) is 14.4 Å². The van der Waals surface area contributed by atoms with Crippen LogP contribution >= 0.6 is 0 Å². The third-order valence-electron chi connectivity index (χ3n) is 10.9. The molecule has 0 radical (unpaired) electrons. The first-order valence-electron chi connectivity index (χ1n) is 25.2. The number of carbonyl (C=O) groups is 3. The van der Waals surface area contributed by atoms with E-state index >= 15 is 0 Å². The molecule has 6 heteroatoms. The van der Waals surface area contributed by atoms with Gasteiger partial charge in [0, 0.05) is 19.3 Å². The van der Waals surface area contributed by atoms with Gasteiger partial charge in [0.2, 0.25) is 0 Å². The molecule has 1 unspecified atom stereocenters. The van der Waals surface area contributed by atoms with Gasteiger partial charge in [0.25, 0.3) is 0 Å². The summed E-state index contributed by atoms with van der Waals surface area (Å²) < 4.78 is 16.8. The van der Waals surface area contributed by atoms with Gasteiger partial charge in [-0.25, -0.2) is 0 Å². The van der Waals surface area contributed by atoms with Crippen molar-refractivity contribution in [2.75, 3.05) is 13.2 Å². The summed E-state index contributed by atoms with van der Waals surface area (Å²) in [7, 11) is 0. The standard InChI is InChI=1S/C53H94O6/c1-4-7-10-13-16-19-22-25-27-29-31-34-37-40-43-46-52(55)58-49-50(48-57-51(54)45-42-39-36-33-30-24-21-18-15-12-9-6-3)59-53(56)47-44-41-38-35-32-28-26-23-20-17-14-11-8-5-2/h7,10,13,16,19,22,28,32,50H,4-6,8-9,11-12,14-15,17-18,20-21,23-27,29-31,33-49H2,1-3H3/b10-7-,16-13-,22-19-,32-28-. The molecule has 0 saturated carbocycles. The van der Waals surface area contributed by atoms with Crippen LogP contribution in [-0.4, -0.2) is 37.2 Å². The fourth-order valence-electron chi connectivity index (χ4n) is 7.08. The van der Waals surface area contributed by atoms with Crippen molar-refractivity contribution in [3.8, 4) is 0 Å². The molecule has 0 N–H and O–H groups in total. The molecule has 0 aromatic rings. The van der Waals surface area contributed by atoms with E-state index in [0.717, 1.165) is 83.5 Å². The lowest BCUT2D eigenvalue weighted by molar-refractivity contribution is -0.167. The maximum absolute atomic E-state index is 12.8. The summed E-state index contributed by atoms with van der Waals surface area (Å²) in [5.74, 6) is -0.904. The predicted octanol–water partition coefficient (Wildman–Crippen LogP) is 16.3. The number of ether oxygens (including phenoxy) is 3. The van der Waals surface area contributed by atoms with E-state index in [1.807, 2.05) is 0 Å². The molecular weight excluding hydrogens is 733 g/mol. The lowest BCUT2D eigenvalue weighted by Crippen LogP contribution is -2.30. The molecule has 0 amide bonds. The Morgan fingerprint density at radius 1 is 0.356 bits per heavy atom. The molecule has 342 valence electrons. The first-order chi connectivity index (χ1) is 29.0. The molecule has 0 saturated heterocycles. The minimum Gasteiger partial charge on any atom is -0.462 e. The van der Waals surface area contributed by atoms with Gasteiger partial charge >= 0.3 is 17.9 Å². The van der Waals surface area contributed by atoms with Crippen LogP contribution in [0.2, 0.25) is 0 Å². The van der Waals surface area contributed by atoms with Crippen LogP contribution in [0.5, 0.6) is 0 Å². The van der Waals surface area contributed by atoms with Gasteiger partial charge in [0.15, 0.2) is 6.10 Å². The second-order valence-electron chi connectivity index (χ2n) is 16.8. The third-order valence-corrected chi connectivity index (χ3v) is 10.9. The molecule has 0 spiro atoms. The highest BCUT2D eigenvalue weighted by molar-refractivity contribution is 5.71. The maximum Gasteiger partial charge on any atom is 0.306 e. The van der Waals surface area contributed by atoms with Crippen molar-refractivity contribution < 1.29 is 28.6 Å². The van der Waals surface area contributed by atoms with Crippen LogP contribution in [0.4, 0.5) is 0 Å². The number of carbonyl (C=O) groups excluding carboxylic acids is 3. The summed E-state index contributed by atoms with van der Waals surface area (Å²) >= 11 is 0. The van der Waals surface area contributed by atoms with Crippen molar-refractivity contribution in [2.24, 2.45) is 0 Å². The van der Waals surface area contributed by atoms with Gasteiger partial charge in [-0.05, 0) is 64.2 Å². The summed E-state index contributed by atoms with van der Waals surface area (Å²) in [6.07, 6.45) is 56.6. The number of esters is 3. The SMILES string of the molecule is CC\C=C/C=C\C=C/CCCCCCCCCC(=O)OCC(COC(=O)CCCCCCCCCCCCCC)OC(=O)CCCCC/C=C\CCCCCCCCC. The Hall–Kier alpha value is -2.63. The largest absolute Gasteiger partial charge is 0.462 e. The van der Waals surface area contributed by atoms with Crippen molar-refractivity contribution in [1.29, 1.82) is 0 Å². The van der Waals surface area contributed by atoms with Crippen molar-refractivity contribution in [1.82, 2.24) is 0 Å². The highest BCUT2D eigenvalue weighted by Gasteiger charge is 2.19. The average Bonchev–Trinajstić information content (AvgIpc) is 3.23. The van der Waals surface area contributed by atoms with Crippen LogP contribution in [-0.2, 0) is 28.6 Å². The fraction of sp³-hybridized carbons (Fsp3) is 0.792. The zero-order chi connectivity index (χ0) is 43.0. The predicted molar refractivity (Wildman–Crippen MR) is 252 cm³/mol. The van der Waals surface area contributed by atoms with Crippen molar-refractivity contribution in [2.45, 2.75) is 258 Å². The van der Waals surface area contributed by atoms with Crippen LogP contribution < -0.4 is 0 Å². The monoisotopic (exact) mass is 827 g/mol. The molecule has 1 atom stereocenters. The van der Waals surface area contributed by atoms with E-state index in [-0.39, 0.29) is 31.1 Å². The Kier molecular flexibility index (Phi) is 45.9. The molecule has 0 rings (SSSR count). The molecule has 0 fully saturated rings. The molecule has 59 heavy (non-hydrogen) atoms. The molecule has 0 aliphatic rings. The zero-order valence-corrected chi connectivity index (χ0v) is 39.0. The summed E-state index contributed by atoms with van der Waals surface area (Å²) in [4.78, 5) is 37.9. The molecule has 6 nitrogen and oxygen atoms in total. The number of allylic oxidation sites excluding steroid dienone is 8. The first kappa shape index (κ1) is 56.4. The zero-order valence-electron chi connectivity index (χ0n) is 39.0. The average molecular weight is 827 g/mol. The van der Waals surface area contributed by atoms with E-state index in [2.05, 4.69) is 69.4 Å². The number of hydrogen-bond acceptors (Lipinski definition) is 6. The van der Waals surface area contributed by atoms with E-state index in [1.54, 1.807) is 0 Å². The molecule has 0 aromatic heterocycles. The third kappa shape index (κ3) is 46.3. The second kappa shape index (κ2) is 48.0. The van der Waals surface area contributed by atoms with Crippen LogP contribution in [0.25, 0.3) is 0 Å². The molecule has 0 aromatic carbocycles. The normalized spacial score (nSPS) is 12.4. The lowest BCUT2D eigenvalue weighted by atomic mass is 10.0. The number of rotatable bonds is 45. The van der Waals surface area contributed by atoms with E-state index in [9.17, 15) is 14.4 Å². The quantitative estimate of drug-likeness (QED) is 0.0200. The summed E-state index contributed by atoms with van der Waals surface area (Å²) in [5, 5.41) is 0. The smallest absolute Gasteiger partial charge is 0.306 e. The minimum absolute atomic E-state index is 0.0809. The minimum atomic E-state index is -0.782. The highest BCUT2D eigenvalue weighted by Crippen LogP contribution is 2.15. The molecular formula is C53H94O6. The number of hydrogen-bond donors (Lipinski definition) is 0. The number of unbranched alkanes of at least 4 members (excludes halogenated alkanes) is 28. The lowest BCUT2D eigenvalue weighted by Gasteiger charge is -2.18. The van der Waals surface area contributed by atoms with Crippen molar-refractivity contribution in [3.05, 3.63) is 48.6 Å². The Balaban J connectivity index is 4.40. The van der Waals surface area contributed by atoms with Gasteiger partial charge < -0.3 is 14.2 Å². The Bertz CT molecular complexity index is 1040. The summed E-state index contributed by atoms with van der Waals surface area (Å²) in [6, 6.07) is 0. The van der Waals surface area contributed by atoms with Crippen LogP contribution in [0.3, 0.4) is 0 Å². The van der Waals surface area contributed by atoms with Gasteiger partial charge in [-0.15, -0.1) is 0 Å². The molecule has 0 bridgehead atoms. The van der Waals surface area contributed by atoms with Crippen LogP contribution in [0.15, 0.2) is 48.6 Å². The van der Waals surface area contributed by atoms with Crippen molar-refractivity contribution >= 4 is 17.9 Å². The Labute approximate surface area is 365 Å².